The van der Waals surface area contributed by atoms with Gasteiger partial charge < -0.3 is 5.73 Å². The lowest BCUT2D eigenvalue weighted by Crippen LogP contribution is -2.06. The van der Waals surface area contributed by atoms with E-state index in [0.29, 0.717) is 23.1 Å². The van der Waals surface area contributed by atoms with Gasteiger partial charge in [0.1, 0.15) is 0 Å². The maximum atomic E-state index is 6.24. The lowest BCUT2D eigenvalue weighted by atomic mass is 10.1. The molecule has 2 N–H and O–H groups in total. The molecule has 6 heteroatoms. The van der Waals surface area contributed by atoms with E-state index < -0.39 is 0 Å². The molecule has 3 rings (SSSR count). The SMILES string of the molecule is Cc1ccccc1Cn1nnnc1-c1ccc(N)cc1Cl. The monoisotopic (exact) mass is 299 g/mol. The molecular weight excluding hydrogens is 286 g/mol. The normalized spacial score (nSPS) is 10.8. The smallest absolute Gasteiger partial charge is 0.183 e. The first kappa shape index (κ1) is 13.6. The van der Waals surface area contributed by atoms with Crippen molar-refractivity contribution < 1.29 is 0 Å². The van der Waals surface area contributed by atoms with Crippen LogP contribution in [0.4, 0.5) is 5.69 Å². The Balaban J connectivity index is 2.00. The van der Waals surface area contributed by atoms with Gasteiger partial charge in [-0.15, -0.1) is 5.10 Å². The van der Waals surface area contributed by atoms with Gasteiger partial charge in [0, 0.05) is 11.3 Å². The van der Waals surface area contributed by atoms with E-state index >= 15 is 0 Å². The van der Waals surface area contributed by atoms with Crippen LogP contribution in [-0.2, 0) is 6.54 Å². The maximum Gasteiger partial charge on any atom is 0.183 e. The molecule has 2 aromatic carbocycles. The molecule has 0 radical (unpaired) electrons. The molecule has 106 valence electrons. The Morgan fingerprint density at radius 1 is 1.19 bits per heavy atom. The van der Waals surface area contributed by atoms with Crippen molar-refractivity contribution in [1.29, 1.82) is 0 Å². The van der Waals surface area contributed by atoms with Crippen molar-refractivity contribution in [2.45, 2.75) is 13.5 Å². The summed E-state index contributed by atoms with van der Waals surface area (Å²) in [4.78, 5) is 0. The lowest BCUT2D eigenvalue weighted by molar-refractivity contribution is 0.651. The number of benzene rings is 2. The molecule has 0 spiro atoms. The van der Waals surface area contributed by atoms with Crippen LogP contribution in [0.15, 0.2) is 42.5 Å². The van der Waals surface area contributed by atoms with Crippen LogP contribution in [0.3, 0.4) is 0 Å². The Labute approximate surface area is 127 Å². The zero-order chi connectivity index (χ0) is 14.8. The minimum Gasteiger partial charge on any atom is -0.399 e. The lowest BCUT2D eigenvalue weighted by Gasteiger charge is -2.08. The van der Waals surface area contributed by atoms with Crippen molar-refractivity contribution in [2.24, 2.45) is 0 Å². The van der Waals surface area contributed by atoms with E-state index in [2.05, 4.69) is 34.6 Å². The highest BCUT2D eigenvalue weighted by molar-refractivity contribution is 6.33. The third-order valence-corrected chi connectivity index (χ3v) is 3.66. The second kappa shape index (κ2) is 5.54. The van der Waals surface area contributed by atoms with E-state index in [1.807, 2.05) is 18.2 Å². The molecule has 0 saturated carbocycles. The van der Waals surface area contributed by atoms with Gasteiger partial charge in [-0.05, 0) is 46.7 Å². The predicted octanol–water partition coefficient (Wildman–Crippen LogP) is 2.93. The number of nitrogens with zero attached hydrogens (tertiary/aromatic N) is 4. The summed E-state index contributed by atoms with van der Waals surface area (Å²) < 4.78 is 1.74. The van der Waals surface area contributed by atoms with E-state index in [1.165, 1.54) is 5.56 Å². The number of tetrazole rings is 1. The number of nitrogens with two attached hydrogens (primary N) is 1. The molecule has 1 heterocycles. The van der Waals surface area contributed by atoms with Gasteiger partial charge in [0.25, 0.3) is 0 Å². The number of anilines is 1. The van der Waals surface area contributed by atoms with Crippen LogP contribution < -0.4 is 5.73 Å². The zero-order valence-electron chi connectivity index (χ0n) is 11.5. The fourth-order valence-electron chi connectivity index (χ4n) is 2.17. The summed E-state index contributed by atoms with van der Waals surface area (Å²) >= 11 is 6.24. The molecule has 0 unspecified atom stereocenters. The average molecular weight is 300 g/mol. The van der Waals surface area contributed by atoms with E-state index in [9.17, 15) is 0 Å². The van der Waals surface area contributed by atoms with Crippen LogP contribution in [0.1, 0.15) is 11.1 Å². The Kier molecular flexibility index (Phi) is 3.58. The average Bonchev–Trinajstić information content (AvgIpc) is 2.89. The predicted molar refractivity (Wildman–Crippen MR) is 83.0 cm³/mol. The van der Waals surface area contributed by atoms with Crippen molar-refractivity contribution in [3.63, 3.8) is 0 Å². The van der Waals surface area contributed by atoms with E-state index in [-0.39, 0.29) is 0 Å². The Hall–Kier alpha value is -2.40. The molecule has 21 heavy (non-hydrogen) atoms. The standard InChI is InChI=1S/C15H14ClN5/c1-10-4-2-3-5-11(10)9-21-15(18-19-20-21)13-7-6-12(17)8-14(13)16/h2-8H,9,17H2,1H3. The number of hydrogen-bond donors (Lipinski definition) is 1. The molecule has 0 aliphatic rings. The highest BCUT2D eigenvalue weighted by Gasteiger charge is 2.13. The van der Waals surface area contributed by atoms with E-state index in [4.69, 9.17) is 17.3 Å². The summed E-state index contributed by atoms with van der Waals surface area (Å²) in [6, 6.07) is 13.5. The molecule has 5 nitrogen and oxygen atoms in total. The summed E-state index contributed by atoms with van der Waals surface area (Å²) in [6.07, 6.45) is 0. The summed E-state index contributed by atoms with van der Waals surface area (Å²) in [5, 5.41) is 12.4. The Bertz CT molecular complexity index is 781. The molecule has 0 bridgehead atoms. The first-order valence-corrected chi connectivity index (χ1v) is 6.89. The highest BCUT2D eigenvalue weighted by atomic mass is 35.5. The van der Waals surface area contributed by atoms with Gasteiger partial charge in [-0.25, -0.2) is 4.68 Å². The van der Waals surface area contributed by atoms with Crippen LogP contribution in [0, 0.1) is 6.92 Å². The Morgan fingerprint density at radius 2 is 2.00 bits per heavy atom. The largest absolute Gasteiger partial charge is 0.399 e. The second-order valence-corrected chi connectivity index (χ2v) is 5.23. The van der Waals surface area contributed by atoms with Gasteiger partial charge in [-0.1, -0.05) is 35.9 Å². The number of aryl methyl sites for hydroxylation is 1. The molecule has 0 aliphatic carbocycles. The summed E-state index contributed by atoms with van der Waals surface area (Å²) in [7, 11) is 0. The topological polar surface area (TPSA) is 69.6 Å². The molecular formula is C15H14ClN5. The van der Waals surface area contributed by atoms with Crippen molar-refractivity contribution in [3.05, 3.63) is 58.6 Å². The third-order valence-electron chi connectivity index (χ3n) is 3.35. The van der Waals surface area contributed by atoms with Crippen LogP contribution in [0.25, 0.3) is 11.4 Å². The number of rotatable bonds is 3. The Morgan fingerprint density at radius 3 is 2.76 bits per heavy atom. The summed E-state index contributed by atoms with van der Waals surface area (Å²) in [5.74, 6) is 0.628. The molecule has 0 aliphatic heterocycles. The van der Waals surface area contributed by atoms with Gasteiger partial charge in [-0.3, -0.25) is 0 Å². The van der Waals surface area contributed by atoms with Crippen LogP contribution in [-0.4, -0.2) is 20.2 Å². The molecule has 0 atom stereocenters. The first-order valence-electron chi connectivity index (χ1n) is 6.51. The minimum absolute atomic E-state index is 0.538. The molecule has 3 aromatic rings. The number of nitrogen functional groups attached to an aromatic ring is 1. The van der Waals surface area contributed by atoms with Crippen molar-refractivity contribution in [1.82, 2.24) is 20.2 Å². The fourth-order valence-corrected chi connectivity index (χ4v) is 2.44. The highest BCUT2D eigenvalue weighted by Crippen LogP contribution is 2.28. The quantitative estimate of drug-likeness (QED) is 0.755. The molecule has 0 amide bonds. The van der Waals surface area contributed by atoms with Crippen molar-refractivity contribution in [3.8, 4) is 11.4 Å². The molecule has 0 saturated heterocycles. The van der Waals surface area contributed by atoms with Gasteiger partial charge in [0.15, 0.2) is 5.82 Å². The van der Waals surface area contributed by atoms with Gasteiger partial charge >= 0.3 is 0 Å². The summed E-state index contributed by atoms with van der Waals surface area (Å²) in [5.41, 5.74) is 9.46. The fraction of sp³-hybridized carbons (Fsp3) is 0.133. The van der Waals surface area contributed by atoms with E-state index in [1.54, 1.807) is 16.8 Å². The number of halogens is 1. The van der Waals surface area contributed by atoms with Gasteiger partial charge in [0.05, 0.1) is 11.6 Å². The van der Waals surface area contributed by atoms with Crippen LogP contribution >= 0.6 is 11.6 Å². The number of aromatic nitrogens is 4. The van der Waals surface area contributed by atoms with Crippen LogP contribution in [0.5, 0.6) is 0 Å². The van der Waals surface area contributed by atoms with Crippen molar-refractivity contribution >= 4 is 17.3 Å². The third kappa shape index (κ3) is 2.73. The molecule has 0 fully saturated rings. The zero-order valence-corrected chi connectivity index (χ0v) is 12.2. The second-order valence-electron chi connectivity index (χ2n) is 4.83. The van der Waals surface area contributed by atoms with Gasteiger partial charge in [-0.2, -0.15) is 0 Å². The number of hydrogen-bond acceptors (Lipinski definition) is 4. The van der Waals surface area contributed by atoms with Crippen molar-refractivity contribution in [2.75, 3.05) is 5.73 Å². The summed E-state index contributed by atoms with van der Waals surface area (Å²) in [6.45, 7) is 2.66. The maximum absolute atomic E-state index is 6.24. The van der Waals surface area contributed by atoms with Crippen LogP contribution in [0.2, 0.25) is 5.02 Å². The molecule has 1 aromatic heterocycles. The minimum atomic E-state index is 0.538. The van der Waals surface area contributed by atoms with Gasteiger partial charge in [0.2, 0.25) is 0 Å². The first-order chi connectivity index (χ1) is 10.1. The van der Waals surface area contributed by atoms with E-state index in [0.717, 1.165) is 11.1 Å².